The Balaban J connectivity index is 2.28. The number of carbonyl (C=O) groups is 1. The van der Waals surface area contributed by atoms with E-state index in [1.807, 2.05) is 19.1 Å². The number of hydrogen-bond donors (Lipinski definition) is 1. The van der Waals surface area contributed by atoms with Crippen LogP contribution in [0.5, 0.6) is 11.5 Å². The van der Waals surface area contributed by atoms with Crippen molar-refractivity contribution in [1.82, 2.24) is 0 Å². The van der Waals surface area contributed by atoms with Crippen LogP contribution in [0.2, 0.25) is 0 Å². The lowest BCUT2D eigenvalue weighted by Crippen LogP contribution is -2.01. The third-order valence-corrected chi connectivity index (χ3v) is 2.70. The van der Waals surface area contributed by atoms with Gasteiger partial charge in [-0.15, -0.1) is 0 Å². The minimum absolute atomic E-state index is 0.145. The lowest BCUT2D eigenvalue weighted by molar-refractivity contribution is -0.136. The summed E-state index contributed by atoms with van der Waals surface area (Å²) in [7, 11) is 0. The molecule has 86 valence electrons. The summed E-state index contributed by atoms with van der Waals surface area (Å²) in [4.78, 5) is 10.6. The number of ether oxygens (including phenoxy) is 2. The molecule has 4 nitrogen and oxygen atoms in total. The number of aryl methyl sites for hydroxylation is 1. The van der Waals surface area contributed by atoms with Crippen molar-refractivity contribution in [2.24, 2.45) is 0 Å². The maximum Gasteiger partial charge on any atom is 0.303 e. The van der Waals surface area contributed by atoms with Crippen LogP contribution < -0.4 is 9.47 Å². The molecule has 0 unspecified atom stereocenters. The van der Waals surface area contributed by atoms with Crippen molar-refractivity contribution in [3.63, 3.8) is 0 Å². The van der Waals surface area contributed by atoms with Crippen LogP contribution >= 0.6 is 0 Å². The van der Waals surface area contributed by atoms with Crippen LogP contribution in [0.4, 0.5) is 0 Å². The second kappa shape index (κ2) is 4.43. The normalized spacial score (nSPS) is 12.8. The van der Waals surface area contributed by atoms with E-state index in [0.29, 0.717) is 6.42 Å². The standard InChI is InChI=1S/C12H14O4/c1-2-9-8(4-6-11(13)14)3-5-10-12(9)16-7-15-10/h3,5H,2,4,6-7H2,1H3,(H,13,14). The van der Waals surface area contributed by atoms with Crippen LogP contribution in [0, 0.1) is 0 Å². The maximum absolute atomic E-state index is 10.6. The molecule has 0 saturated carbocycles. The van der Waals surface area contributed by atoms with Crippen molar-refractivity contribution in [3.8, 4) is 11.5 Å². The average Bonchev–Trinajstić information content (AvgIpc) is 2.73. The highest BCUT2D eigenvalue weighted by Gasteiger charge is 2.19. The second-order valence-electron chi connectivity index (χ2n) is 3.68. The van der Waals surface area contributed by atoms with Gasteiger partial charge in [0.25, 0.3) is 0 Å². The summed E-state index contributed by atoms with van der Waals surface area (Å²) in [6.07, 6.45) is 1.50. The van der Waals surface area contributed by atoms with Crippen LogP contribution in [0.25, 0.3) is 0 Å². The van der Waals surface area contributed by atoms with Gasteiger partial charge in [-0.25, -0.2) is 0 Å². The molecule has 0 aromatic heterocycles. The van der Waals surface area contributed by atoms with Gasteiger partial charge >= 0.3 is 5.97 Å². The Morgan fingerprint density at radius 3 is 2.94 bits per heavy atom. The van der Waals surface area contributed by atoms with Gasteiger partial charge in [0.1, 0.15) is 0 Å². The van der Waals surface area contributed by atoms with Crippen LogP contribution in [-0.4, -0.2) is 17.9 Å². The Bertz CT molecular complexity index is 412. The first-order valence-corrected chi connectivity index (χ1v) is 5.34. The summed E-state index contributed by atoms with van der Waals surface area (Å²) in [6.45, 7) is 2.28. The second-order valence-corrected chi connectivity index (χ2v) is 3.68. The summed E-state index contributed by atoms with van der Waals surface area (Å²) in [5.41, 5.74) is 2.10. The van der Waals surface area contributed by atoms with Crippen molar-refractivity contribution in [3.05, 3.63) is 23.3 Å². The number of benzene rings is 1. The predicted molar refractivity (Wildman–Crippen MR) is 57.9 cm³/mol. The number of hydrogen-bond acceptors (Lipinski definition) is 3. The molecule has 1 heterocycles. The summed E-state index contributed by atoms with van der Waals surface area (Å²) in [5, 5.41) is 8.68. The van der Waals surface area contributed by atoms with Gasteiger partial charge in [0.05, 0.1) is 0 Å². The van der Waals surface area contributed by atoms with E-state index in [4.69, 9.17) is 14.6 Å². The zero-order valence-electron chi connectivity index (χ0n) is 9.16. The quantitative estimate of drug-likeness (QED) is 0.846. The van der Waals surface area contributed by atoms with Gasteiger partial charge in [0.15, 0.2) is 11.5 Å². The largest absolute Gasteiger partial charge is 0.481 e. The first-order valence-electron chi connectivity index (χ1n) is 5.34. The van der Waals surface area contributed by atoms with Gasteiger partial charge < -0.3 is 14.6 Å². The molecule has 1 aromatic rings. The Labute approximate surface area is 93.8 Å². The molecule has 1 aliphatic rings. The van der Waals surface area contributed by atoms with E-state index in [-0.39, 0.29) is 13.2 Å². The van der Waals surface area contributed by atoms with E-state index in [2.05, 4.69) is 0 Å². The first-order chi connectivity index (χ1) is 7.72. The van der Waals surface area contributed by atoms with E-state index in [1.165, 1.54) is 0 Å². The number of rotatable bonds is 4. The van der Waals surface area contributed by atoms with Gasteiger partial charge in [0, 0.05) is 12.0 Å². The molecule has 0 radical (unpaired) electrons. The van der Waals surface area contributed by atoms with Crippen molar-refractivity contribution < 1.29 is 19.4 Å². The van der Waals surface area contributed by atoms with Crippen molar-refractivity contribution in [1.29, 1.82) is 0 Å². The van der Waals surface area contributed by atoms with Crippen LogP contribution in [0.1, 0.15) is 24.5 Å². The van der Waals surface area contributed by atoms with Crippen LogP contribution in [-0.2, 0) is 17.6 Å². The zero-order chi connectivity index (χ0) is 11.5. The highest BCUT2D eigenvalue weighted by molar-refractivity contribution is 5.67. The molecular weight excluding hydrogens is 208 g/mol. The van der Waals surface area contributed by atoms with E-state index in [0.717, 1.165) is 29.0 Å². The molecule has 0 aliphatic carbocycles. The molecule has 1 N–H and O–H groups in total. The van der Waals surface area contributed by atoms with Gasteiger partial charge in [-0.1, -0.05) is 13.0 Å². The van der Waals surface area contributed by atoms with Crippen molar-refractivity contribution in [2.45, 2.75) is 26.2 Å². The lowest BCUT2D eigenvalue weighted by atomic mass is 9.99. The first kappa shape index (κ1) is 10.8. The Kier molecular flexibility index (Phi) is 2.99. The lowest BCUT2D eigenvalue weighted by Gasteiger charge is -2.09. The molecule has 0 amide bonds. The van der Waals surface area contributed by atoms with Gasteiger partial charge in [0.2, 0.25) is 6.79 Å². The Hall–Kier alpha value is -1.71. The fourth-order valence-corrected chi connectivity index (χ4v) is 1.93. The molecule has 1 aromatic carbocycles. The van der Waals surface area contributed by atoms with E-state index >= 15 is 0 Å². The average molecular weight is 222 g/mol. The molecule has 2 rings (SSSR count). The van der Waals surface area contributed by atoms with Gasteiger partial charge in [-0.3, -0.25) is 4.79 Å². The monoisotopic (exact) mass is 222 g/mol. The summed E-state index contributed by atoms with van der Waals surface area (Å²) in [6, 6.07) is 3.77. The fourth-order valence-electron chi connectivity index (χ4n) is 1.93. The van der Waals surface area contributed by atoms with E-state index < -0.39 is 5.97 Å². The number of carboxylic acids is 1. The summed E-state index contributed by atoms with van der Waals surface area (Å²) < 4.78 is 10.7. The van der Waals surface area contributed by atoms with Gasteiger partial charge in [-0.05, 0) is 24.5 Å². The highest BCUT2D eigenvalue weighted by Crippen LogP contribution is 2.38. The van der Waals surface area contributed by atoms with Crippen LogP contribution in [0.3, 0.4) is 0 Å². The molecule has 0 bridgehead atoms. The minimum atomic E-state index is -0.778. The highest BCUT2D eigenvalue weighted by atomic mass is 16.7. The number of fused-ring (bicyclic) bond motifs is 1. The van der Waals surface area contributed by atoms with Crippen LogP contribution in [0.15, 0.2) is 12.1 Å². The zero-order valence-corrected chi connectivity index (χ0v) is 9.16. The fraction of sp³-hybridized carbons (Fsp3) is 0.417. The molecule has 16 heavy (non-hydrogen) atoms. The van der Waals surface area contributed by atoms with E-state index in [1.54, 1.807) is 0 Å². The third kappa shape index (κ3) is 1.96. The molecular formula is C12H14O4. The van der Waals surface area contributed by atoms with Crippen molar-refractivity contribution >= 4 is 5.97 Å². The smallest absolute Gasteiger partial charge is 0.303 e. The maximum atomic E-state index is 10.6. The molecule has 0 spiro atoms. The van der Waals surface area contributed by atoms with E-state index in [9.17, 15) is 4.79 Å². The summed E-state index contributed by atoms with van der Waals surface area (Å²) in [5.74, 6) is 0.765. The molecule has 0 saturated heterocycles. The number of aliphatic carboxylic acids is 1. The topological polar surface area (TPSA) is 55.8 Å². The summed E-state index contributed by atoms with van der Waals surface area (Å²) >= 11 is 0. The third-order valence-electron chi connectivity index (χ3n) is 2.70. The molecule has 4 heteroatoms. The Morgan fingerprint density at radius 2 is 2.25 bits per heavy atom. The molecule has 1 aliphatic heterocycles. The van der Waals surface area contributed by atoms with Crippen molar-refractivity contribution in [2.75, 3.05) is 6.79 Å². The molecule has 0 atom stereocenters. The predicted octanol–water partition coefficient (Wildman–Crippen LogP) is 1.99. The minimum Gasteiger partial charge on any atom is -0.481 e. The van der Waals surface area contributed by atoms with Gasteiger partial charge in [-0.2, -0.15) is 0 Å². The number of carboxylic acid groups (broad SMARTS) is 1. The molecule has 0 fully saturated rings. The Morgan fingerprint density at radius 1 is 1.44 bits per heavy atom. The SMILES string of the molecule is CCc1c(CCC(=O)O)ccc2c1OCO2.